The van der Waals surface area contributed by atoms with Crippen LogP contribution in [-0.2, 0) is 4.79 Å². The van der Waals surface area contributed by atoms with Crippen molar-refractivity contribution in [3.05, 3.63) is 24.3 Å². The van der Waals surface area contributed by atoms with E-state index in [1.54, 1.807) is 4.90 Å². The highest BCUT2D eigenvalue weighted by Gasteiger charge is 2.25. The highest BCUT2D eigenvalue weighted by Crippen LogP contribution is 2.16. The van der Waals surface area contributed by atoms with Crippen molar-refractivity contribution >= 4 is 17.3 Å². The van der Waals surface area contributed by atoms with Gasteiger partial charge in [-0.25, -0.2) is 0 Å². The van der Waals surface area contributed by atoms with Crippen molar-refractivity contribution < 1.29 is 4.79 Å². The van der Waals surface area contributed by atoms with Gasteiger partial charge in [0.25, 0.3) is 0 Å². The topological polar surface area (TPSA) is 52.8 Å². The zero-order chi connectivity index (χ0) is 15.4. The molecule has 5 heteroatoms. The summed E-state index contributed by atoms with van der Waals surface area (Å²) in [5.74, 6) is 0.124. The zero-order valence-electron chi connectivity index (χ0n) is 13.2. The van der Waals surface area contributed by atoms with E-state index < -0.39 is 0 Å². The number of rotatable bonds is 4. The van der Waals surface area contributed by atoms with Crippen LogP contribution in [0, 0.1) is 0 Å². The number of nitrogens with two attached hydrogens (primary N) is 1. The molecule has 1 aliphatic rings. The summed E-state index contributed by atoms with van der Waals surface area (Å²) in [6, 6.07) is 7.95. The summed E-state index contributed by atoms with van der Waals surface area (Å²) in [6.45, 7) is 5.62. The summed E-state index contributed by atoms with van der Waals surface area (Å²) >= 11 is 0. The van der Waals surface area contributed by atoms with Crippen LogP contribution < -0.4 is 10.6 Å². The van der Waals surface area contributed by atoms with Gasteiger partial charge in [-0.3, -0.25) is 9.69 Å². The second-order valence-electron chi connectivity index (χ2n) is 5.82. The molecule has 1 unspecified atom stereocenters. The van der Waals surface area contributed by atoms with Crippen molar-refractivity contribution in [2.45, 2.75) is 19.4 Å². The lowest BCUT2D eigenvalue weighted by Gasteiger charge is -2.39. The maximum Gasteiger partial charge on any atom is 0.240 e. The van der Waals surface area contributed by atoms with Gasteiger partial charge >= 0.3 is 0 Å². The number of nitrogen functional groups attached to an aromatic ring is 1. The minimum absolute atomic E-state index is 0.124. The number of anilines is 2. The van der Waals surface area contributed by atoms with Crippen molar-refractivity contribution in [1.82, 2.24) is 9.80 Å². The first kappa shape index (κ1) is 15.8. The van der Waals surface area contributed by atoms with Gasteiger partial charge in [-0.2, -0.15) is 0 Å². The van der Waals surface area contributed by atoms with Crippen molar-refractivity contribution in [2.24, 2.45) is 0 Å². The fourth-order valence-electron chi connectivity index (χ4n) is 2.73. The fraction of sp³-hybridized carbons (Fsp3) is 0.562. The molecule has 0 aromatic heterocycles. The SMILES string of the molecule is CCC1CN(CC(=O)N(C)c2ccc(N)cc2)CCN1C. The number of carbonyl (C=O) groups is 1. The second kappa shape index (κ2) is 6.91. The molecule has 0 saturated carbocycles. The van der Waals surface area contributed by atoms with E-state index >= 15 is 0 Å². The molecule has 0 spiro atoms. The highest BCUT2D eigenvalue weighted by atomic mass is 16.2. The molecule has 0 aliphatic carbocycles. The number of amides is 1. The first-order valence-corrected chi connectivity index (χ1v) is 7.56. The third-order valence-corrected chi connectivity index (χ3v) is 4.35. The number of nitrogens with zero attached hydrogens (tertiary/aromatic N) is 3. The average Bonchev–Trinajstić information content (AvgIpc) is 2.49. The van der Waals surface area contributed by atoms with Crippen LogP contribution in [0.5, 0.6) is 0 Å². The molecule has 1 saturated heterocycles. The molecule has 0 bridgehead atoms. The van der Waals surface area contributed by atoms with Crippen molar-refractivity contribution in [2.75, 3.05) is 50.9 Å². The largest absolute Gasteiger partial charge is 0.399 e. The molecule has 1 heterocycles. The van der Waals surface area contributed by atoms with Crippen LogP contribution >= 0.6 is 0 Å². The van der Waals surface area contributed by atoms with Crippen molar-refractivity contribution in [1.29, 1.82) is 0 Å². The maximum atomic E-state index is 12.4. The smallest absolute Gasteiger partial charge is 0.240 e. The number of hydrogen-bond donors (Lipinski definition) is 1. The Bertz CT molecular complexity index is 474. The van der Waals surface area contributed by atoms with Gasteiger partial charge in [0.15, 0.2) is 0 Å². The Morgan fingerprint density at radius 1 is 1.33 bits per heavy atom. The van der Waals surface area contributed by atoms with E-state index in [1.165, 1.54) is 0 Å². The molecule has 21 heavy (non-hydrogen) atoms. The van der Waals surface area contributed by atoms with Crippen molar-refractivity contribution in [3.63, 3.8) is 0 Å². The molecular weight excluding hydrogens is 264 g/mol. The van der Waals surface area contributed by atoms with Crippen LogP contribution in [0.4, 0.5) is 11.4 Å². The van der Waals surface area contributed by atoms with E-state index in [1.807, 2.05) is 31.3 Å². The van der Waals surface area contributed by atoms with Gasteiger partial charge in [0.05, 0.1) is 6.54 Å². The van der Waals surface area contributed by atoms with Gasteiger partial charge in [-0.05, 0) is 37.7 Å². The molecule has 1 aliphatic heterocycles. The van der Waals surface area contributed by atoms with Gasteiger partial charge in [-0.15, -0.1) is 0 Å². The second-order valence-corrected chi connectivity index (χ2v) is 5.82. The summed E-state index contributed by atoms with van der Waals surface area (Å²) < 4.78 is 0. The molecule has 1 aromatic rings. The zero-order valence-corrected chi connectivity index (χ0v) is 13.2. The van der Waals surface area contributed by atoms with E-state index in [0.717, 1.165) is 31.7 Å². The monoisotopic (exact) mass is 290 g/mol. The summed E-state index contributed by atoms with van der Waals surface area (Å²) in [6.07, 6.45) is 1.12. The van der Waals surface area contributed by atoms with Crippen LogP contribution in [0.3, 0.4) is 0 Å². The molecular formula is C16H26N4O. The molecule has 1 aromatic carbocycles. The van der Waals surface area contributed by atoms with E-state index in [9.17, 15) is 4.79 Å². The Labute approximate surface area is 127 Å². The van der Waals surface area contributed by atoms with Crippen molar-refractivity contribution in [3.8, 4) is 0 Å². The number of hydrogen-bond acceptors (Lipinski definition) is 4. The lowest BCUT2D eigenvalue weighted by Crippen LogP contribution is -2.53. The maximum absolute atomic E-state index is 12.4. The predicted molar refractivity (Wildman–Crippen MR) is 87.4 cm³/mol. The first-order chi connectivity index (χ1) is 10.0. The Morgan fingerprint density at radius 3 is 2.62 bits per heavy atom. The van der Waals surface area contributed by atoms with Crippen LogP contribution in [-0.4, -0.2) is 62.0 Å². The quantitative estimate of drug-likeness (QED) is 0.848. The Hall–Kier alpha value is -1.59. The summed E-state index contributed by atoms with van der Waals surface area (Å²) in [4.78, 5) is 18.8. The van der Waals surface area contributed by atoms with Crippen LogP contribution in [0.15, 0.2) is 24.3 Å². The summed E-state index contributed by atoms with van der Waals surface area (Å²) in [7, 11) is 3.98. The average molecular weight is 290 g/mol. The van der Waals surface area contributed by atoms with Gasteiger partial charge in [0.2, 0.25) is 5.91 Å². The lowest BCUT2D eigenvalue weighted by molar-refractivity contribution is -0.120. The van der Waals surface area contributed by atoms with E-state index in [-0.39, 0.29) is 5.91 Å². The minimum Gasteiger partial charge on any atom is -0.399 e. The number of benzene rings is 1. The van der Waals surface area contributed by atoms with E-state index in [2.05, 4.69) is 23.8 Å². The summed E-state index contributed by atoms with van der Waals surface area (Å²) in [5.41, 5.74) is 7.28. The first-order valence-electron chi connectivity index (χ1n) is 7.56. The summed E-state index contributed by atoms with van der Waals surface area (Å²) in [5, 5.41) is 0. The third kappa shape index (κ3) is 3.95. The standard InChI is InChI=1S/C16H26N4O/c1-4-14-11-20(10-9-18(14)2)12-16(21)19(3)15-7-5-13(17)6-8-15/h5-8,14H,4,9-12,17H2,1-3H3. The molecule has 116 valence electrons. The van der Waals surface area contributed by atoms with E-state index in [0.29, 0.717) is 18.3 Å². The fourth-order valence-corrected chi connectivity index (χ4v) is 2.73. The minimum atomic E-state index is 0.124. The lowest BCUT2D eigenvalue weighted by atomic mass is 10.1. The molecule has 1 fully saturated rings. The van der Waals surface area contributed by atoms with Crippen LogP contribution in [0.2, 0.25) is 0 Å². The molecule has 5 nitrogen and oxygen atoms in total. The van der Waals surface area contributed by atoms with Gasteiger partial charge < -0.3 is 15.5 Å². The number of likely N-dealkylation sites (N-methyl/N-ethyl adjacent to an activating group) is 2. The Balaban J connectivity index is 1.93. The molecule has 1 amide bonds. The number of piperazine rings is 1. The molecule has 1 atom stereocenters. The van der Waals surface area contributed by atoms with Gasteiger partial charge in [-0.1, -0.05) is 6.92 Å². The van der Waals surface area contributed by atoms with Crippen LogP contribution in [0.1, 0.15) is 13.3 Å². The molecule has 0 radical (unpaired) electrons. The van der Waals surface area contributed by atoms with Crippen LogP contribution in [0.25, 0.3) is 0 Å². The van der Waals surface area contributed by atoms with E-state index in [4.69, 9.17) is 5.73 Å². The van der Waals surface area contributed by atoms with Gasteiger partial charge in [0, 0.05) is 44.1 Å². The third-order valence-electron chi connectivity index (χ3n) is 4.35. The molecule has 2 N–H and O–H groups in total. The highest BCUT2D eigenvalue weighted by molar-refractivity contribution is 5.94. The predicted octanol–water partition coefficient (Wildman–Crippen LogP) is 1.26. The number of carbonyl (C=O) groups excluding carboxylic acids is 1. The molecule has 2 rings (SSSR count). The normalized spacial score (nSPS) is 20.4. The van der Waals surface area contributed by atoms with Gasteiger partial charge in [0.1, 0.15) is 0 Å². The Morgan fingerprint density at radius 2 is 2.00 bits per heavy atom. The Kier molecular flexibility index (Phi) is 5.20.